The second kappa shape index (κ2) is 8.22. The Hall–Kier alpha value is -3.55. The van der Waals surface area contributed by atoms with Gasteiger partial charge in [-0.3, -0.25) is 10.4 Å². The maximum absolute atomic E-state index is 12.3. The van der Waals surface area contributed by atoms with Gasteiger partial charge in [0.15, 0.2) is 5.82 Å². The van der Waals surface area contributed by atoms with Gasteiger partial charge in [0.2, 0.25) is 0 Å². The summed E-state index contributed by atoms with van der Waals surface area (Å²) in [5, 5.41) is 13.8. The quantitative estimate of drug-likeness (QED) is 0.578. The van der Waals surface area contributed by atoms with Crippen LogP contribution in [-0.4, -0.2) is 42.5 Å². The fraction of sp³-hybridized carbons (Fsp3) is 0.211. The number of hydrogen-bond donors (Lipinski definition) is 3. The van der Waals surface area contributed by atoms with Crippen molar-refractivity contribution in [3.8, 4) is 0 Å². The number of amides is 1. The molecule has 2 aromatic carbocycles. The lowest BCUT2D eigenvalue weighted by atomic mass is 10.0. The van der Waals surface area contributed by atoms with E-state index < -0.39 is 18.1 Å². The Morgan fingerprint density at radius 2 is 1.81 bits per heavy atom. The average molecular weight is 368 g/mol. The number of carbonyl (C=O) groups excluding carboxylic acids is 2. The highest BCUT2D eigenvalue weighted by molar-refractivity contribution is 5.92. The van der Waals surface area contributed by atoms with Gasteiger partial charge in [-0.2, -0.15) is 5.10 Å². The molecule has 1 amide bonds. The number of nitrogens with one attached hydrogen (secondary N) is 3. The number of nitrogens with zero attached hydrogens (tertiary/aromatic N) is 1. The summed E-state index contributed by atoms with van der Waals surface area (Å²) in [6, 6.07) is 14.1. The normalized spacial score (nSPS) is 11.6. The van der Waals surface area contributed by atoms with Gasteiger partial charge in [-0.1, -0.05) is 30.3 Å². The minimum atomic E-state index is -0.692. The second-order valence-corrected chi connectivity index (χ2v) is 5.82. The molecule has 0 aliphatic carbocycles. The molecule has 0 saturated heterocycles. The highest BCUT2D eigenvalue weighted by Gasteiger charge is 2.23. The number of para-hydroxylation sites is 2. The molecule has 3 N–H and O–H groups in total. The third-order valence-electron chi connectivity index (χ3n) is 4.13. The molecule has 1 atom stereocenters. The zero-order valence-corrected chi connectivity index (χ0v) is 15.0. The Morgan fingerprint density at radius 3 is 2.59 bits per heavy atom. The van der Waals surface area contributed by atoms with E-state index in [2.05, 4.69) is 25.6 Å². The van der Waals surface area contributed by atoms with Crippen LogP contribution in [-0.2, 0) is 20.7 Å². The van der Waals surface area contributed by atoms with Crippen molar-refractivity contribution in [1.29, 1.82) is 0 Å². The molecule has 8 nitrogen and oxygen atoms in total. The summed E-state index contributed by atoms with van der Waals surface area (Å²) in [5.41, 5.74) is 2.17. The molecule has 0 fully saturated rings. The van der Waals surface area contributed by atoms with E-state index >= 15 is 0 Å². The average Bonchev–Trinajstić information content (AvgIpc) is 3.11. The van der Waals surface area contributed by atoms with Crippen LogP contribution in [0.2, 0.25) is 0 Å². The first-order chi connectivity index (χ1) is 13.1. The summed E-state index contributed by atoms with van der Waals surface area (Å²) >= 11 is 0. The number of aromatic amines is 1. The van der Waals surface area contributed by atoms with Crippen molar-refractivity contribution in [1.82, 2.24) is 10.2 Å². The van der Waals surface area contributed by atoms with Crippen LogP contribution in [0.4, 0.5) is 16.3 Å². The van der Waals surface area contributed by atoms with Crippen molar-refractivity contribution in [2.75, 3.05) is 24.9 Å². The Labute approximate surface area is 155 Å². The first-order valence-electron chi connectivity index (χ1n) is 8.32. The minimum absolute atomic E-state index is 0.286. The number of ether oxygens (including phenoxy) is 2. The highest BCUT2D eigenvalue weighted by atomic mass is 16.5. The number of H-pyrrole nitrogens is 1. The Balaban J connectivity index is 1.86. The Kier molecular flexibility index (Phi) is 5.55. The number of rotatable bonds is 6. The Bertz CT molecular complexity index is 954. The number of benzene rings is 2. The number of fused-ring (bicyclic) bond motifs is 1. The third-order valence-corrected chi connectivity index (χ3v) is 4.13. The van der Waals surface area contributed by atoms with E-state index in [1.54, 1.807) is 12.1 Å². The monoisotopic (exact) mass is 368 g/mol. The van der Waals surface area contributed by atoms with Gasteiger partial charge in [0.1, 0.15) is 6.04 Å². The van der Waals surface area contributed by atoms with E-state index in [4.69, 9.17) is 4.74 Å². The molecule has 0 aliphatic rings. The molecule has 3 aromatic rings. The third kappa shape index (κ3) is 4.17. The molecule has 0 radical (unpaired) electrons. The summed E-state index contributed by atoms with van der Waals surface area (Å²) in [5.74, 6) is 0.120. The molecule has 3 rings (SSSR count). The van der Waals surface area contributed by atoms with Gasteiger partial charge in [-0.25, -0.2) is 9.59 Å². The number of esters is 1. The topological polar surface area (TPSA) is 105 Å². The lowest BCUT2D eigenvalue weighted by molar-refractivity contribution is -0.141. The molecule has 1 heterocycles. The van der Waals surface area contributed by atoms with Crippen molar-refractivity contribution in [2.45, 2.75) is 12.5 Å². The van der Waals surface area contributed by atoms with Gasteiger partial charge < -0.3 is 14.8 Å². The van der Waals surface area contributed by atoms with Crippen LogP contribution in [0.3, 0.4) is 0 Å². The molecule has 1 aromatic heterocycles. The standard InChI is InChI=1S/C19H20N4O4/c1-26-18(24)16(20-17-13-8-4-6-10-15(13)22-23-17)11-12-7-3-5-9-14(12)21-19(25)27-2/h3-10,16H,11H2,1-2H3,(H,21,25)(H2,20,22,23)/t16-/m0/s1. The largest absolute Gasteiger partial charge is 0.467 e. The smallest absolute Gasteiger partial charge is 0.411 e. The van der Waals surface area contributed by atoms with Crippen molar-refractivity contribution in [3.05, 3.63) is 54.1 Å². The van der Waals surface area contributed by atoms with Gasteiger partial charge in [0.25, 0.3) is 0 Å². The predicted molar refractivity (Wildman–Crippen MR) is 102 cm³/mol. The van der Waals surface area contributed by atoms with Crippen molar-refractivity contribution < 1.29 is 19.1 Å². The summed E-state index contributed by atoms with van der Waals surface area (Å²) < 4.78 is 9.58. The van der Waals surface area contributed by atoms with Gasteiger partial charge in [0, 0.05) is 17.5 Å². The van der Waals surface area contributed by atoms with Crippen LogP contribution in [0.25, 0.3) is 10.9 Å². The number of hydrogen-bond acceptors (Lipinski definition) is 6. The first kappa shape index (κ1) is 18.2. The molecule has 140 valence electrons. The zero-order chi connectivity index (χ0) is 19.2. The van der Waals surface area contributed by atoms with Crippen LogP contribution < -0.4 is 10.6 Å². The van der Waals surface area contributed by atoms with E-state index in [-0.39, 0.29) is 6.42 Å². The molecular formula is C19H20N4O4. The van der Waals surface area contributed by atoms with Gasteiger partial charge in [0.05, 0.1) is 19.7 Å². The lowest BCUT2D eigenvalue weighted by Gasteiger charge is -2.18. The summed E-state index contributed by atoms with van der Waals surface area (Å²) in [4.78, 5) is 23.9. The van der Waals surface area contributed by atoms with Crippen molar-refractivity contribution >= 4 is 34.5 Å². The molecule has 0 aliphatic heterocycles. The van der Waals surface area contributed by atoms with Crippen molar-refractivity contribution in [2.24, 2.45) is 0 Å². The maximum atomic E-state index is 12.3. The van der Waals surface area contributed by atoms with Gasteiger partial charge in [-0.15, -0.1) is 0 Å². The molecule has 27 heavy (non-hydrogen) atoms. The number of methoxy groups -OCH3 is 2. The second-order valence-electron chi connectivity index (χ2n) is 5.82. The molecule has 0 saturated carbocycles. The maximum Gasteiger partial charge on any atom is 0.411 e. The van der Waals surface area contributed by atoms with Crippen LogP contribution >= 0.6 is 0 Å². The zero-order valence-electron chi connectivity index (χ0n) is 15.0. The highest BCUT2D eigenvalue weighted by Crippen LogP contribution is 2.23. The van der Waals surface area contributed by atoms with Crippen LogP contribution in [0.15, 0.2) is 48.5 Å². The minimum Gasteiger partial charge on any atom is -0.467 e. The number of anilines is 2. The van der Waals surface area contributed by atoms with Crippen LogP contribution in [0, 0.1) is 0 Å². The fourth-order valence-electron chi connectivity index (χ4n) is 2.78. The predicted octanol–water partition coefficient (Wildman–Crippen LogP) is 2.94. The molecule has 0 unspecified atom stereocenters. The van der Waals surface area contributed by atoms with E-state index in [9.17, 15) is 9.59 Å². The van der Waals surface area contributed by atoms with Crippen molar-refractivity contribution in [3.63, 3.8) is 0 Å². The summed E-state index contributed by atoms with van der Waals surface area (Å²) in [6.07, 6.45) is -0.295. The molecule has 0 spiro atoms. The molecular weight excluding hydrogens is 348 g/mol. The molecule has 0 bridgehead atoms. The van der Waals surface area contributed by atoms with E-state index in [1.165, 1.54) is 14.2 Å². The van der Waals surface area contributed by atoms with Gasteiger partial charge in [-0.05, 0) is 23.8 Å². The van der Waals surface area contributed by atoms with E-state index in [1.807, 2.05) is 36.4 Å². The summed E-state index contributed by atoms with van der Waals surface area (Å²) in [6.45, 7) is 0. The Morgan fingerprint density at radius 1 is 1.07 bits per heavy atom. The summed E-state index contributed by atoms with van der Waals surface area (Å²) in [7, 11) is 2.62. The fourth-order valence-corrected chi connectivity index (χ4v) is 2.78. The van der Waals surface area contributed by atoms with Crippen LogP contribution in [0.5, 0.6) is 0 Å². The number of aromatic nitrogens is 2. The number of carbonyl (C=O) groups is 2. The first-order valence-corrected chi connectivity index (χ1v) is 8.32. The van der Waals surface area contributed by atoms with E-state index in [0.717, 1.165) is 16.5 Å². The van der Waals surface area contributed by atoms with Gasteiger partial charge >= 0.3 is 12.1 Å². The lowest BCUT2D eigenvalue weighted by Crippen LogP contribution is -2.33. The SMILES string of the molecule is COC(=O)Nc1ccccc1C[C@H](Nc1n[nH]c2ccccc12)C(=O)OC. The molecule has 8 heteroatoms. The van der Waals surface area contributed by atoms with Crippen LogP contribution in [0.1, 0.15) is 5.56 Å². The van der Waals surface area contributed by atoms with E-state index in [0.29, 0.717) is 11.5 Å².